The van der Waals surface area contributed by atoms with Gasteiger partial charge in [0.15, 0.2) is 0 Å². The van der Waals surface area contributed by atoms with Crippen LogP contribution in [0.5, 0.6) is 0 Å². The SMILES string of the molecule is C[C@H](NCCCC(C)(C)/C(N)=N/O)c1ccc(Br)cc1. The zero-order valence-electron chi connectivity index (χ0n) is 12.4. The summed E-state index contributed by atoms with van der Waals surface area (Å²) in [6.45, 7) is 7.03. The molecule has 0 heterocycles. The van der Waals surface area contributed by atoms with E-state index in [4.69, 9.17) is 10.9 Å². The topological polar surface area (TPSA) is 70.6 Å². The lowest BCUT2D eigenvalue weighted by atomic mass is 9.86. The third kappa shape index (κ3) is 5.13. The molecule has 0 fully saturated rings. The first-order valence-electron chi connectivity index (χ1n) is 6.83. The van der Waals surface area contributed by atoms with Crippen molar-refractivity contribution in [3.63, 3.8) is 0 Å². The largest absolute Gasteiger partial charge is 0.409 e. The van der Waals surface area contributed by atoms with E-state index in [1.54, 1.807) is 0 Å². The first-order valence-corrected chi connectivity index (χ1v) is 7.63. The standard InChI is InChI=1S/C15H24BrN3O/c1-11(12-5-7-13(16)8-6-12)18-10-4-9-15(2,3)14(17)19-20/h5-8,11,18,20H,4,9-10H2,1-3H3,(H2,17,19)/t11-/m0/s1. The van der Waals surface area contributed by atoms with Crippen LogP contribution in [0.2, 0.25) is 0 Å². The molecular formula is C15H24BrN3O. The Bertz CT molecular complexity index is 443. The minimum absolute atomic E-state index is 0.267. The molecule has 0 bridgehead atoms. The zero-order chi connectivity index (χ0) is 15.2. The van der Waals surface area contributed by atoms with Gasteiger partial charge in [0.2, 0.25) is 0 Å². The number of amidine groups is 1. The normalized spacial score (nSPS) is 14.3. The van der Waals surface area contributed by atoms with Crippen molar-refractivity contribution in [2.75, 3.05) is 6.54 Å². The van der Waals surface area contributed by atoms with E-state index in [1.807, 2.05) is 13.8 Å². The summed E-state index contributed by atoms with van der Waals surface area (Å²) in [6.07, 6.45) is 1.85. The number of oxime groups is 1. The quantitative estimate of drug-likeness (QED) is 0.233. The molecule has 0 spiro atoms. The zero-order valence-corrected chi connectivity index (χ0v) is 13.9. The van der Waals surface area contributed by atoms with Crippen molar-refractivity contribution in [1.82, 2.24) is 5.32 Å². The second kappa shape index (κ2) is 7.64. The van der Waals surface area contributed by atoms with Crippen LogP contribution in [0.4, 0.5) is 0 Å². The lowest BCUT2D eigenvalue weighted by Gasteiger charge is -2.23. The highest BCUT2D eigenvalue weighted by atomic mass is 79.9. The van der Waals surface area contributed by atoms with Crippen molar-refractivity contribution in [2.45, 2.75) is 39.7 Å². The van der Waals surface area contributed by atoms with Gasteiger partial charge in [-0.3, -0.25) is 0 Å². The average molecular weight is 342 g/mol. The summed E-state index contributed by atoms with van der Waals surface area (Å²) in [5, 5.41) is 15.3. The Morgan fingerprint density at radius 3 is 2.55 bits per heavy atom. The van der Waals surface area contributed by atoms with Crippen LogP contribution in [0.1, 0.15) is 45.2 Å². The molecule has 1 aromatic rings. The molecule has 0 saturated heterocycles. The predicted octanol–water partition coefficient (Wildman–Crippen LogP) is 3.65. The molecule has 4 N–H and O–H groups in total. The number of halogens is 1. The number of nitrogens with two attached hydrogens (primary N) is 1. The second-order valence-corrected chi connectivity index (χ2v) is 6.62. The van der Waals surface area contributed by atoms with Gasteiger partial charge in [-0.2, -0.15) is 0 Å². The van der Waals surface area contributed by atoms with E-state index < -0.39 is 0 Å². The van der Waals surface area contributed by atoms with E-state index in [2.05, 4.69) is 57.6 Å². The summed E-state index contributed by atoms with van der Waals surface area (Å²) in [4.78, 5) is 0. The molecule has 4 nitrogen and oxygen atoms in total. The molecule has 0 unspecified atom stereocenters. The molecule has 0 saturated carbocycles. The molecule has 0 radical (unpaired) electrons. The molecule has 1 atom stereocenters. The summed E-state index contributed by atoms with van der Waals surface area (Å²) in [5.74, 6) is 0.290. The van der Waals surface area contributed by atoms with Gasteiger partial charge in [0.05, 0.1) is 0 Å². The van der Waals surface area contributed by atoms with Gasteiger partial charge in [0.1, 0.15) is 5.84 Å². The Balaban J connectivity index is 2.36. The number of benzene rings is 1. The van der Waals surface area contributed by atoms with E-state index >= 15 is 0 Å². The molecule has 5 heteroatoms. The third-order valence-electron chi connectivity index (χ3n) is 3.60. The van der Waals surface area contributed by atoms with E-state index in [0.29, 0.717) is 11.9 Å². The minimum atomic E-state index is -0.267. The van der Waals surface area contributed by atoms with Crippen LogP contribution in [0, 0.1) is 5.41 Å². The summed E-state index contributed by atoms with van der Waals surface area (Å²) >= 11 is 3.44. The highest BCUT2D eigenvalue weighted by Crippen LogP contribution is 2.22. The van der Waals surface area contributed by atoms with E-state index in [0.717, 1.165) is 23.9 Å². The van der Waals surface area contributed by atoms with Crippen LogP contribution in [0.25, 0.3) is 0 Å². The number of hydrogen-bond donors (Lipinski definition) is 3. The molecule has 0 aromatic heterocycles. The van der Waals surface area contributed by atoms with Crippen LogP contribution >= 0.6 is 15.9 Å². The van der Waals surface area contributed by atoms with Gasteiger partial charge >= 0.3 is 0 Å². The molecule has 0 aliphatic heterocycles. The highest BCUT2D eigenvalue weighted by molar-refractivity contribution is 9.10. The highest BCUT2D eigenvalue weighted by Gasteiger charge is 2.22. The third-order valence-corrected chi connectivity index (χ3v) is 4.13. The number of nitrogens with one attached hydrogen (secondary N) is 1. The smallest absolute Gasteiger partial charge is 0.144 e. The Kier molecular flexibility index (Phi) is 6.49. The average Bonchev–Trinajstić information content (AvgIpc) is 2.43. The Morgan fingerprint density at radius 2 is 2.00 bits per heavy atom. The molecular weight excluding hydrogens is 318 g/mol. The van der Waals surface area contributed by atoms with Crippen LogP contribution in [0.15, 0.2) is 33.9 Å². The molecule has 20 heavy (non-hydrogen) atoms. The van der Waals surface area contributed by atoms with Crippen molar-refractivity contribution >= 4 is 21.8 Å². The van der Waals surface area contributed by atoms with Gasteiger partial charge in [0, 0.05) is 15.9 Å². The summed E-state index contributed by atoms with van der Waals surface area (Å²) in [7, 11) is 0. The molecule has 0 aliphatic rings. The molecule has 0 aliphatic carbocycles. The first kappa shape index (κ1) is 17.0. The first-order chi connectivity index (χ1) is 9.36. The van der Waals surface area contributed by atoms with Crippen molar-refractivity contribution < 1.29 is 5.21 Å². The van der Waals surface area contributed by atoms with Gasteiger partial charge in [-0.15, -0.1) is 0 Å². The van der Waals surface area contributed by atoms with Crippen LogP contribution < -0.4 is 11.1 Å². The van der Waals surface area contributed by atoms with Crippen LogP contribution in [0.3, 0.4) is 0 Å². The maximum atomic E-state index is 8.73. The fourth-order valence-corrected chi connectivity index (χ4v) is 2.25. The number of nitrogens with zero attached hydrogens (tertiary/aromatic N) is 1. The van der Waals surface area contributed by atoms with E-state index in [-0.39, 0.29) is 5.41 Å². The van der Waals surface area contributed by atoms with Gasteiger partial charge in [-0.25, -0.2) is 0 Å². The predicted molar refractivity (Wildman–Crippen MR) is 87.0 cm³/mol. The van der Waals surface area contributed by atoms with E-state index in [9.17, 15) is 0 Å². The van der Waals surface area contributed by atoms with Crippen molar-refractivity contribution in [2.24, 2.45) is 16.3 Å². The molecule has 1 aromatic carbocycles. The van der Waals surface area contributed by atoms with Crippen molar-refractivity contribution in [3.05, 3.63) is 34.3 Å². The summed E-state index contributed by atoms with van der Waals surface area (Å²) < 4.78 is 1.09. The Morgan fingerprint density at radius 1 is 1.40 bits per heavy atom. The fraction of sp³-hybridized carbons (Fsp3) is 0.533. The number of hydrogen-bond acceptors (Lipinski definition) is 3. The van der Waals surface area contributed by atoms with Crippen molar-refractivity contribution in [3.8, 4) is 0 Å². The maximum Gasteiger partial charge on any atom is 0.144 e. The lowest BCUT2D eigenvalue weighted by molar-refractivity contribution is 0.304. The number of rotatable bonds is 7. The Hall–Kier alpha value is -1.07. The molecule has 0 amide bonds. The monoisotopic (exact) mass is 341 g/mol. The lowest BCUT2D eigenvalue weighted by Crippen LogP contribution is -2.32. The van der Waals surface area contributed by atoms with Gasteiger partial charge in [-0.1, -0.05) is 47.1 Å². The van der Waals surface area contributed by atoms with Crippen molar-refractivity contribution in [1.29, 1.82) is 0 Å². The maximum absolute atomic E-state index is 8.73. The summed E-state index contributed by atoms with van der Waals surface area (Å²) in [6, 6.07) is 8.64. The molecule has 112 valence electrons. The van der Waals surface area contributed by atoms with Gasteiger partial charge in [-0.05, 0) is 44.0 Å². The molecule has 1 rings (SSSR count). The summed E-state index contributed by atoms with van der Waals surface area (Å²) in [5.41, 5.74) is 6.67. The van der Waals surface area contributed by atoms with Crippen LogP contribution in [-0.4, -0.2) is 17.6 Å². The minimum Gasteiger partial charge on any atom is -0.409 e. The van der Waals surface area contributed by atoms with Gasteiger partial charge < -0.3 is 16.3 Å². The Labute approximate surface area is 129 Å². The van der Waals surface area contributed by atoms with Crippen LogP contribution in [-0.2, 0) is 0 Å². The van der Waals surface area contributed by atoms with Gasteiger partial charge in [0.25, 0.3) is 0 Å². The fourth-order valence-electron chi connectivity index (χ4n) is 1.98. The second-order valence-electron chi connectivity index (χ2n) is 5.70. The van der Waals surface area contributed by atoms with E-state index in [1.165, 1.54) is 5.56 Å².